The summed E-state index contributed by atoms with van der Waals surface area (Å²) in [5.41, 5.74) is 0.895. The third-order valence-electron chi connectivity index (χ3n) is 3.06. The second-order valence-corrected chi connectivity index (χ2v) is 4.47. The molecule has 102 valence electrons. The molecule has 0 aliphatic rings. The van der Waals surface area contributed by atoms with Crippen molar-refractivity contribution in [3.8, 4) is 0 Å². The zero-order valence-electron chi connectivity index (χ0n) is 11.1. The third kappa shape index (κ3) is 4.13. The summed E-state index contributed by atoms with van der Waals surface area (Å²) in [6.07, 6.45) is 8.78. The lowest BCUT2D eigenvalue weighted by Gasteiger charge is -2.16. The molecular weight excluding hydrogens is 243 g/mol. The summed E-state index contributed by atoms with van der Waals surface area (Å²) in [4.78, 5) is 8.13. The Bertz CT molecular complexity index is 467. The molecule has 2 rings (SSSR count). The van der Waals surface area contributed by atoms with Crippen molar-refractivity contribution in [2.24, 2.45) is 0 Å². The molecule has 1 unspecified atom stereocenters. The van der Waals surface area contributed by atoms with Gasteiger partial charge in [-0.3, -0.25) is 4.98 Å². The maximum atomic E-state index is 12.8. The molecule has 0 aromatic carbocycles. The standard InChI is InChI=1S/C14H19FN4/c1-2-13(14-5-4-12(15)10-18-14)17-6-3-8-19-9-7-16-11-19/h4-5,7,9-11,13,17H,2-3,6,8H2,1H3. The van der Waals surface area contributed by atoms with Gasteiger partial charge in [0.2, 0.25) is 0 Å². The summed E-state index contributed by atoms with van der Waals surface area (Å²) < 4.78 is 14.9. The fourth-order valence-corrected chi connectivity index (χ4v) is 2.01. The lowest BCUT2D eigenvalue weighted by atomic mass is 10.1. The third-order valence-corrected chi connectivity index (χ3v) is 3.06. The molecule has 0 saturated carbocycles. The van der Waals surface area contributed by atoms with Crippen molar-refractivity contribution in [2.45, 2.75) is 32.4 Å². The minimum Gasteiger partial charge on any atom is -0.337 e. The van der Waals surface area contributed by atoms with E-state index in [1.807, 2.05) is 12.5 Å². The van der Waals surface area contributed by atoms with Crippen molar-refractivity contribution in [1.29, 1.82) is 0 Å². The average molecular weight is 262 g/mol. The molecule has 5 heteroatoms. The Morgan fingerprint density at radius 1 is 1.42 bits per heavy atom. The molecule has 2 aromatic rings. The smallest absolute Gasteiger partial charge is 0.141 e. The minimum atomic E-state index is -0.293. The average Bonchev–Trinajstić information content (AvgIpc) is 2.93. The Labute approximate surface area is 112 Å². The molecule has 0 radical (unpaired) electrons. The first-order chi connectivity index (χ1) is 9.29. The first kappa shape index (κ1) is 13.7. The van der Waals surface area contributed by atoms with Crippen LogP contribution >= 0.6 is 0 Å². The van der Waals surface area contributed by atoms with E-state index in [1.54, 1.807) is 12.3 Å². The number of aryl methyl sites for hydroxylation is 1. The van der Waals surface area contributed by atoms with E-state index in [0.29, 0.717) is 0 Å². The largest absolute Gasteiger partial charge is 0.337 e. The van der Waals surface area contributed by atoms with Crippen molar-refractivity contribution < 1.29 is 4.39 Å². The van der Waals surface area contributed by atoms with Crippen LogP contribution in [0.15, 0.2) is 37.1 Å². The summed E-state index contributed by atoms with van der Waals surface area (Å²) in [7, 11) is 0. The molecule has 1 atom stereocenters. The van der Waals surface area contributed by atoms with Gasteiger partial charge in [0, 0.05) is 25.0 Å². The van der Waals surface area contributed by atoms with Gasteiger partial charge in [-0.2, -0.15) is 0 Å². The Hall–Kier alpha value is -1.75. The summed E-state index contributed by atoms with van der Waals surface area (Å²) in [5.74, 6) is -0.293. The fourth-order valence-electron chi connectivity index (χ4n) is 2.01. The molecule has 19 heavy (non-hydrogen) atoms. The maximum Gasteiger partial charge on any atom is 0.141 e. The van der Waals surface area contributed by atoms with Crippen molar-refractivity contribution in [3.63, 3.8) is 0 Å². The van der Waals surface area contributed by atoms with Gasteiger partial charge in [-0.15, -0.1) is 0 Å². The van der Waals surface area contributed by atoms with Crippen LogP contribution in [0.5, 0.6) is 0 Å². The van der Waals surface area contributed by atoms with E-state index in [-0.39, 0.29) is 11.9 Å². The van der Waals surface area contributed by atoms with E-state index < -0.39 is 0 Å². The highest BCUT2D eigenvalue weighted by Crippen LogP contribution is 2.13. The van der Waals surface area contributed by atoms with Crippen LogP contribution in [0.4, 0.5) is 4.39 Å². The predicted octanol–water partition coefficient (Wildman–Crippen LogP) is 2.55. The Morgan fingerprint density at radius 3 is 2.95 bits per heavy atom. The number of hydrogen-bond acceptors (Lipinski definition) is 3. The van der Waals surface area contributed by atoms with E-state index >= 15 is 0 Å². The van der Waals surface area contributed by atoms with Crippen molar-refractivity contribution in [1.82, 2.24) is 19.9 Å². The molecular formula is C14H19FN4. The Balaban J connectivity index is 1.77. The molecule has 0 aliphatic carbocycles. The van der Waals surface area contributed by atoms with Crippen LogP contribution in [0.3, 0.4) is 0 Å². The van der Waals surface area contributed by atoms with Gasteiger partial charge >= 0.3 is 0 Å². The number of hydrogen-bond donors (Lipinski definition) is 1. The topological polar surface area (TPSA) is 42.7 Å². The van der Waals surface area contributed by atoms with Gasteiger partial charge in [0.15, 0.2) is 0 Å². The zero-order chi connectivity index (χ0) is 13.5. The molecule has 2 heterocycles. The van der Waals surface area contributed by atoms with Crippen LogP contribution in [0.2, 0.25) is 0 Å². The van der Waals surface area contributed by atoms with Crippen LogP contribution in [0.25, 0.3) is 0 Å². The van der Waals surface area contributed by atoms with Crippen LogP contribution in [0.1, 0.15) is 31.5 Å². The monoisotopic (exact) mass is 262 g/mol. The van der Waals surface area contributed by atoms with Gasteiger partial charge in [0.1, 0.15) is 5.82 Å². The highest BCUT2D eigenvalue weighted by atomic mass is 19.1. The van der Waals surface area contributed by atoms with Crippen LogP contribution in [0, 0.1) is 5.82 Å². The van der Waals surface area contributed by atoms with Gasteiger partial charge in [-0.25, -0.2) is 9.37 Å². The number of rotatable bonds is 7. The maximum absolute atomic E-state index is 12.8. The van der Waals surface area contributed by atoms with Gasteiger partial charge in [0.05, 0.1) is 18.2 Å². The number of halogens is 1. The quantitative estimate of drug-likeness (QED) is 0.780. The molecule has 0 spiro atoms. The number of nitrogens with zero attached hydrogens (tertiary/aromatic N) is 3. The fraction of sp³-hybridized carbons (Fsp3) is 0.429. The van der Waals surface area contributed by atoms with Crippen LogP contribution in [-0.2, 0) is 6.54 Å². The van der Waals surface area contributed by atoms with Gasteiger partial charge in [-0.1, -0.05) is 6.92 Å². The Morgan fingerprint density at radius 2 is 2.32 bits per heavy atom. The van der Waals surface area contributed by atoms with Crippen molar-refractivity contribution in [3.05, 3.63) is 48.6 Å². The van der Waals surface area contributed by atoms with Gasteiger partial charge in [-0.05, 0) is 31.5 Å². The first-order valence-corrected chi connectivity index (χ1v) is 6.60. The minimum absolute atomic E-state index is 0.184. The molecule has 0 bridgehead atoms. The van der Waals surface area contributed by atoms with E-state index in [2.05, 4.69) is 26.8 Å². The molecule has 4 nitrogen and oxygen atoms in total. The molecule has 0 fully saturated rings. The number of pyridine rings is 1. The van der Waals surface area contributed by atoms with Crippen molar-refractivity contribution >= 4 is 0 Å². The molecule has 0 saturated heterocycles. The van der Waals surface area contributed by atoms with Crippen LogP contribution < -0.4 is 5.32 Å². The first-order valence-electron chi connectivity index (χ1n) is 6.60. The summed E-state index contributed by atoms with van der Waals surface area (Å²) >= 11 is 0. The highest BCUT2D eigenvalue weighted by molar-refractivity contribution is 5.09. The van der Waals surface area contributed by atoms with E-state index in [4.69, 9.17) is 0 Å². The van der Waals surface area contributed by atoms with E-state index in [0.717, 1.165) is 31.6 Å². The lowest BCUT2D eigenvalue weighted by Crippen LogP contribution is -2.23. The van der Waals surface area contributed by atoms with E-state index in [1.165, 1.54) is 12.3 Å². The molecule has 2 aromatic heterocycles. The van der Waals surface area contributed by atoms with Crippen LogP contribution in [-0.4, -0.2) is 21.1 Å². The van der Waals surface area contributed by atoms with Gasteiger partial charge in [0.25, 0.3) is 0 Å². The molecule has 1 N–H and O–H groups in total. The second kappa shape index (κ2) is 6.99. The van der Waals surface area contributed by atoms with Crippen molar-refractivity contribution in [2.75, 3.05) is 6.54 Å². The predicted molar refractivity (Wildman–Crippen MR) is 72.1 cm³/mol. The lowest BCUT2D eigenvalue weighted by molar-refractivity contribution is 0.481. The normalized spacial score (nSPS) is 12.5. The summed E-state index contributed by atoms with van der Waals surface area (Å²) in [6.45, 7) is 3.94. The summed E-state index contributed by atoms with van der Waals surface area (Å²) in [5, 5.41) is 3.45. The molecule has 0 amide bonds. The number of aromatic nitrogens is 3. The number of imidazole rings is 1. The highest BCUT2D eigenvalue weighted by Gasteiger charge is 2.09. The Kier molecular flexibility index (Phi) is 5.03. The van der Waals surface area contributed by atoms with E-state index in [9.17, 15) is 4.39 Å². The second-order valence-electron chi connectivity index (χ2n) is 4.47. The summed E-state index contributed by atoms with van der Waals surface area (Å²) in [6, 6.07) is 3.38. The zero-order valence-corrected chi connectivity index (χ0v) is 11.1. The number of nitrogens with one attached hydrogen (secondary N) is 1. The van der Waals surface area contributed by atoms with Gasteiger partial charge < -0.3 is 9.88 Å². The molecule has 0 aliphatic heterocycles. The SMILES string of the molecule is CCC(NCCCn1ccnc1)c1ccc(F)cn1.